The maximum absolute atomic E-state index is 9.62. The van der Waals surface area contributed by atoms with Gasteiger partial charge < -0.3 is 33.8 Å². The third kappa shape index (κ3) is 57.1. The molecule has 0 radical (unpaired) electrons. The number of quaternary nitrogens is 2. The number of hydrogen-bond acceptors (Lipinski definition) is 2. The summed E-state index contributed by atoms with van der Waals surface area (Å²) in [4.78, 5) is 9.62. The van der Waals surface area contributed by atoms with Crippen LogP contribution in [0.5, 0.6) is 0 Å². The Morgan fingerprint density at radius 1 is 1.17 bits per heavy atom. The van der Waals surface area contributed by atoms with Gasteiger partial charge in [0.15, 0.2) is 0 Å². The molecule has 0 aromatic carbocycles. The maximum atomic E-state index is 9.62. The van der Waals surface area contributed by atoms with Crippen molar-refractivity contribution in [3.05, 3.63) is 11.6 Å². The first-order chi connectivity index (χ1) is 5.13. The average molecular weight is 199 g/mol. The zero-order valence-electron chi connectivity index (χ0n) is 8.19. The van der Waals surface area contributed by atoms with Crippen molar-refractivity contribution in [2.75, 3.05) is 14.1 Å². The molecule has 0 aromatic rings. The van der Waals surface area contributed by atoms with Gasteiger partial charge in [0.2, 0.25) is 0 Å². The Morgan fingerprint density at radius 3 is 1.42 bits per heavy atom. The standard InChI is InChI=1S/C5H8O2.2CH5N.ClH/c1-4(2)3-5(6)7;2*1-2;/h3H,1-2H3,(H,6,7);2*2H2,1H3;1H. The number of halogens is 1. The summed E-state index contributed by atoms with van der Waals surface area (Å²) >= 11 is 0. The summed E-state index contributed by atoms with van der Waals surface area (Å²) < 4.78 is 0. The Balaban J connectivity index is -0.0000000560. The molecule has 0 unspecified atom stereocenters. The number of carboxylic acids is 1. The number of carbonyl (C=O) groups excluding carboxylic acids is 1. The zero-order valence-corrected chi connectivity index (χ0v) is 8.94. The second kappa shape index (κ2) is 22.4. The molecule has 0 aliphatic rings. The molecular formula is C7H19ClN2O2. The van der Waals surface area contributed by atoms with E-state index in [2.05, 4.69) is 11.5 Å². The summed E-state index contributed by atoms with van der Waals surface area (Å²) in [6, 6.07) is 0. The second-order valence-electron chi connectivity index (χ2n) is 1.54. The molecule has 0 rings (SSSR count). The van der Waals surface area contributed by atoms with E-state index in [0.717, 1.165) is 11.6 Å². The van der Waals surface area contributed by atoms with Gasteiger partial charge in [-0.2, -0.15) is 0 Å². The van der Waals surface area contributed by atoms with Crippen LogP contribution in [0.15, 0.2) is 11.6 Å². The first kappa shape index (κ1) is 22.5. The van der Waals surface area contributed by atoms with E-state index in [1.165, 1.54) is 0 Å². The van der Waals surface area contributed by atoms with Crippen LogP contribution in [0.25, 0.3) is 0 Å². The summed E-state index contributed by atoms with van der Waals surface area (Å²) in [6.07, 6.45) is 1.06. The van der Waals surface area contributed by atoms with Crippen molar-refractivity contribution in [1.29, 1.82) is 0 Å². The molecule has 0 bridgehead atoms. The van der Waals surface area contributed by atoms with Crippen LogP contribution in [-0.4, -0.2) is 20.1 Å². The van der Waals surface area contributed by atoms with Gasteiger partial charge in [-0.1, -0.05) is 5.57 Å². The van der Waals surface area contributed by atoms with E-state index in [4.69, 9.17) is 0 Å². The number of carbonyl (C=O) groups is 1. The Hall–Kier alpha value is -0.580. The fourth-order valence-corrected chi connectivity index (χ4v) is 0.236. The predicted molar refractivity (Wildman–Crippen MR) is 42.1 cm³/mol. The SMILES string of the molecule is CC(C)=CC(=O)[O-].C[NH3+].C[NH3+].[Cl-]. The normalized spacial score (nSPS) is 5.50. The van der Waals surface area contributed by atoms with Crippen LogP contribution in [-0.2, 0) is 4.79 Å². The summed E-state index contributed by atoms with van der Waals surface area (Å²) in [5.41, 5.74) is 7.25. The van der Waals surface area contributed by atoms with E-state index >= 15 is 0 Å². The molecule has 0 spiro atoms. The highest BCUT2D eigenvalue weighted by Gasteiger charge is 1.72. The van der Waals surface area contributed by atoms with E-state index in [0.29, 0.717) is 0 Å². The summed E-state index contributed by atoms with van der Waals surface area (Å²) in [5, 5.41) is 9.62. The number of rotatable bonds is 1. The van der Waals surface area contributed by atoms with Gasteiger partial charge in [-0.25, -0.2) is 0 Å². The Labute approximate surface area is 80.0 Å². The highest BCUT2D eigenvalue weighted by molar-refractivity contribution is 5.78. The van der Waals surface area contributed by atoms with Crippen molar-refractivity contribution in [2.24, 2.45) is 0 Å². The van der Waals surface area contributed by atoms with Crippen LogP contribution in [0.1, 0.15) is 13.8 Å². The lowest BCUT2D eigenvalue weighted by Gasteiger charge is -1.89. The summed E-state index contributed by atoms with van der Waals surface area (Å²) in [6.45, 7) is 3.41. The molecule has 6 N–H and O–H groups in total. The lowest BCUT2D eigenvalue weighted by atomic mass is 10.3. The molecule has 0 aliphatic heterocycles. The minimum Gasteiger partial charge on any atom is -1.00 e. The van der Waals surface area contributed by atoms with Crippen LogP contribution < -0.4 is 29.0 Å². The topological polar surface area (TPSA) is 95.4 Å². The number of carboxylic acid groups (broad SMARTS) is 1. The third-order valence-corrected chi connectivity index (χ3v) is 0.407. The lowest BCUT2D eigenvalue weighted by molar-refractivity contribution is -0.325. The first-order valence-corrected chi connectivity index (χ1v) is 3.40. The van der Waals surface area contributed by atoms with E-state index in [1.54, 1.807) is 27.9 Å². The smallest absolute Gasteiger partial charge is 0.0642 e. The van der Waals surface area contributed by atoms with Crippen LogP contribution >= 0.6 is 0 Å². The van der Waals surface area contributed by atoms with Gasteiger partial charge in [0.1, 0.15) is 0 Å². The Morgan fingerprint density at radius 2 is 1.42 bits per heavy atom. The zero-order chi connectivity index (χ0) is 9.86. The van der Waals surface area contributed by atoms with Crippen LogP contribution in [0, 0.1) is 0 Å². The third-order valence-electron chi connectivity index (χ3n) is 0.407. The molecule has 0 atom stereocenters. The van der Waals surface area contributed by atoms with Crippen LogP contribution in [0.2, 0.25) is 0 Å². The molecule has 0 saturated heterocycles. The number of aliphatic carboxylic acids is 1. The molecule has 0 fully saturated rings. The lowest BCUT2D eigenvalue weighted by Crippen LogP contribution is -3.00. The van der Waals surface area contributed by atoms with Crippen LogP contribution in [0.4, 0.5) is 0 Å². The molecule has 0 amide bonds. The monoisotopic (exact) mass is 198 g/mol. The Bertz CT molecular complexity index is 112. The fraction of sp³-hybridized carbons (Fsp3) is 0.571. The summed E-state index contributed by atoms with van der Waals surface area (Å²) in [7, 11) is 3.50. The quantitative estimate of drug-likeness (QED) is 0.411. The van der Waals surface area contributed by atoms with Gasteiger partial charge in [-0.05, 0) is 19.9 Å². The number of hydrogen-bond donors (Lipinski definition) is 2. The molecule has 76 valence electrons. The molecule has 5 heteroatoms. The molecule has 0 aliphatic carbocycles. The molecule has 0 saturated carbocycles. The highest BCUT2D eigenvalue weighted by atomic mass is 35.5. The van der Waals surface area contributed by atoms with E-state index in [-0.39, 0.29) is 12.4 Å². The fourth-order valence-electron chi connectivity index (χ4n) is 0.236. The van der Waals surface area contributed by atoms with Gasteiger partial charge in [-0.15, -0.1) is 0 Å². The number of allylic oxidation sites excluding steroid dienone is 1. The molecular weight excluding hydrogens is 180 g/mol. The van der Waals surface area contributed by atoms with Crippen LogP contribution in [0.3, 0.4) is 0 Å². The molecule has 4 nitrogen and oxygen atoms in total. The molecule has 12 heavy (non-hydrogen) atoms. The predicted octanol–water partition coefficient (Wildman–Crippen LogP) is -5.58. The van der Waals surface area contributed by atoms with E-state index in [1.807, 2.05) is 0 Å². The van der Waals surface area contributed by atoms with E-state index < -0.39 is 5.97 Å². The van der Waals surface area contributed by atoms with Crippen molar-refractivity contribution in [3.8, 4) is 0 Å². The first-order valence-electron chi connectivity index (χ1n) is 3.40. The van der Waals surface area contributed by atoms with Gasteiger partial charge in [0.25, 0.3) is 0 Å². The van der Waals surface area contributed by atoms with E-state index in [9.17, 15) is 9.90 Å². The van der Waals surface area contributed by atoms with Crippen molar-refractivity contribution in [2.45, 2.75) is 13.8 Å². The molecule has 0 aromatic heterocycles. The Kier molecular flexibility index (Phi) is 42.1. The van der Waals surface area contributed by atoms with Crippen molar-refractivity contribution >= 4 is 5.97 Å². The van der Waals surface area contributed by atoms with Gasteiger partial charge in [-0.3, -0.25) is 0 Å². The van der Waals surface area contributed by atoms with Gasteiger partial charge in [0, 0.05) is 0 Å². The maximum Gasteiger partial charge on any atom is 0.0642 e. The minimum atomic E-state index is -1.12. The van der Waals surface area contributed by atoms with Crippen molar-refractivity contribution < 1.29 is 33.8 Å². The highest BCUT2D eigenvalue weighted by Crippen LogP contribution is 1.83. The largest absolute Gasteiger partial charge is 1.00 e. The second-order valence-corrected chi connectivity index (χ2v) is 1.54. The molecule has 0 heterocycles. The van der Waals surface area contributed by atoms with Gasteiger partial charge in [0.05, 0.1) is 20.1 Å². The van der Waals surface area contributed by atoms with Crippen molar-refractivity contribution in [1.82, 2.24) is 0 Å². The van der Waals surface area contributed by atoms with Crippen molar-refractivity contribution in [3.63, 3.8) is 0 Å². The van der Waals surface area contributed by atoms with Gasteiger partial charge >= 0.3 is 0 Å². The summed E-state index contributed by atoms with van der Waals surface area (Å²) in [5.74, 6) is -1.12. The minimum absolute atomic E-state index is 0. The average Bonchev–Trinajstić information content (AvgIpc) is 1.93.